The van der Waals surface area contributed by atoms with Crippen molar-refractivity contribution in [2.45, 2.75) is 65.3 Å². The van der Waals surface area contributed by atoms with Crippen LogP contribution >= 0.6 is 0 Å². The van der Waals surface area contributed by atoms with Crippen LogP contribution in [0.15, 0.2) is 0 Å². The second-order valence-corrected chi connectivity index (χ2v) is 6.66. The van der Waals surface area contributed by atoms with Crippen LogP contribution in [0.1, 0.15) is 0 Å². The highest BCUT2D eigenvalue weighted by atomic mass is 19.4. The molecule has 222 valence electrons. The zero-order valence-corrected chi connectivity index (χ0v) is 15.7. The van der Waals surface area contributed by atoms with Gasteiger partial charge < -0.3 is 10.0 Å². The predicted molar refractivity (Wildman–Crippen MR) is 65.7 cm³/mol. The van der Waals surface area contributed by atoms with E-state index >= 15 is 0 Å². The van der Waals surface area contributed by atoms with E-state index in [2.05, 4.69) is 0 Å². The molecule has 0 heterocycles. The summed E-state index contributed by atoms with van der Waals surface area (Å²) in [7, 11) is -5.27. The molecule has 0 fully saturated rings. The molecule has 26 heteroatoms. The van der Waals surface area contributed by atoms with Crippen LogP contribution in [-0.2, 0) is 0 Å². The zero-order valence-electron chi connectivity index (χ0n) is 15.7. The Morgan fingerprint density at radius 1 is 0.270 bits per heavy atom. The maximum absolute atomic E-state index is 13.4. The van der Waals surface area contributed by atoms with Gasteiger partial charge in [-0.1, -0.05) is 0 Å². The predicted octanol–water partition coefficient (Wildman–Crippen LogP) is 5.91. The Hall–Kier alpha value is -1.63. The third-order valence-electron chi connectivity index (χ3n) is 4.25. The lowest BCUT2D eigenvalue weighted by molar-refractivity contribution is -0.477. The summed E-state index contributed by atoms with van der Waals surface area (Å²) in [6.07, 6.45) is -8.12. The van der Waals surface area contributed by atoms with E-state index in [-0.39, 0.29) is 0 Å². The summed E-state index contributed by atoms with van der Waals surface area (Å²) in [5.41, 5.74) is 0. The van der Waals surface area contributed by atoms with Gasteiger partial charge in [0.15, 0.2) is 0 Å². The van der Waals surface area contributed by atoms with Gasteiger partial charge in [-0.2, -0.15) is 92.2 Å². The van der Waals surface area contributed by atoms with E-state index in [9.17, 15) is 101 Å². The molecule has 0 amide bonds. The summed E-state index contributed by atoms with van der Waals surface area (Å²) in [6, 6.07) is 0. The number of halogens is 23. The van der Waals surface area contributed by atoms with Gasteiger partial charge in [0.2, 0.25) is 0 Å². The quantitative estimate of drug-likeness (QED) is 0.238. The summed E-state index contributed by atoms with van der Waals surface area (Å²) in [5, 5.41) is 15.6. The highest BCUT2D eigenvalue weighted by Gasteiger charge is 2.99. The third-order valence-corrected chi connectivity index (χ3v) is 4.25. The van der Waals surface area contributed by atoms with Gasteiger partial charge in [-0.05, 0) is 0 Å². The van der Waals surface area contributed by atoms with E-state index in [1.807, 2.05) is 0 Å². The van der Waals surface area contributed by atoms with Crippen LogP contribution in [0.25, 0.3) is 0 Å². The molecule has 0 saturated carbocycles. The molecule has 0 aliphatic heterocycles. The molecule has 0 aromatic carbocycles. The molecule has 0 aromatic rings. The van der Waals surface area contributed by atoms with Crippen molar-refractivity contribution in [2.75, 3.05) is 0 Å². The van der Waals surface area contributed by atoms with Gasteiger partial charge in [-0.25, -0.2) is 8.78 Å². The molecule has 0 unspecified atom stereocenters. The summed E-state index contributed by atoms with van der Waals surface area (Å²) >= 11 is 0. The Labute approximate surface area is 185 Å². The summed E-state index contributed by atoms with van der Waals surface area (Å²) < 4.78 is 298. The molecule has 0 bridgehead atoms. The molecule has 2 N–H and O–H groups in total. The summed E-state index contributed by atoms with van der Waals surface area (Å²) in [4.78, 5) is 0. The molecular formula is C11H2BF23O2. The van der Waals surface area contributed by atoms with Crippen molar-refractivity contribution in [3.63, 3.8) is 0 Å². The minimum atomic E-state index is -9.48. The second kappa shape index (κ2) is 8.44. The highest BCUT2D eigenvalue weighted by Crippen LogP contribution is 2.67. The second-order valence-electron chi connectivity index (χ2n) is 6.66. The Bertz CT molecular complexity index is 840. The average molecular weight is 614 g/mol. The van der Waals surface area contributed by atoms with E-state index in [1.54, 1.807) is 0 Å². The third kappa shape index (κ3) is 4.05. The maximum atomic E-state index is 13.4. The summed E-state index contributed by atoms with van der Waals surface area (Å²) in [5.74, 6) is -89.4. The Morgan fingerprint density at radius 2 is 0.432 bits per heavy atom. The molecule has 0 radical (unpaired) electrons. The van der Waals surface area contributed by atoms with Crippen molar-refractivity contribution in [2.24, 2.45) is 0 Å². The Balaban J connectivity index is 7.22. The van der Waals surface area contributed by atoms with Crippen molar-refractivity contribution < 1.29 is 111 Å². The highest BCUT2D eigenvalue weighted by molar-refractivity contribution is 6.44. The maximum Gasteiger partial charge on any atom is 0.536 e. The largest absolute Gasteiger partial charge is 0.536 e. The van der Waals surface area contributed by atoms with Gasteiger partial charge in [-0.3, -0.25) is 0 Å². The Morgan fingerprint density at radius 3 is 0.595 bits per heavy atom. The number of hydrogen-bond acceptors (Lipinski definition) is 2. The molecule has 37 heavy (non-hydrogen) atoms. The van der Waals surface area contributed by atoms with E-state index in [1.165, 1.54) is 0 Å². The fourth-order valence-corrected chi connectivity index (χ4v) is 1.93. The molecule has 0 saturated heterocycles. The minimum Gasteiger partial charge on any atom is -0.423 e. The zero-order chi connectivity index (χ0) is 31.1. The van der Waals surface area contributed by atoms with Crippen LogP contribution in [0, 0.1) is 0 Å². The first-order chi connectivity index (χ1) is 15.4. The topological polar surface area (TPSA) is 40.5 Å². The van der Waals surface area contributed by atoms with Crippen LogP contribution in [-0.4, -0.2) is 82.5 Å². The molecule has 0 aliphatic rings. The summed E-state index contributed by atoms with van der Waals surface area (Å²) in [6.45, 7) is 0. The Kier molecular flexibility index (Phi) is 8.06. The molecular weight excluding hydrogens is 612 g/mol. The first kappa shape index (κ1) is 35.4. The van der Waals surface area contributed by atoms with Crippen molar-refractivity contribution in [3.05, 3.63) is 0 Å². The normalized spacial score (nSPS) is 16.8. The lowest BCUT2D eigenvalue weighted by Gasteiger charge is -2.45. The van der Waals surface area contributed by atoms with Crippen molar-refractivity contribution in [1.29, 1.82) is 0 Å². The lowest BCUT2D eigenvalue weighted by atomic mass is 9.73. The van der Waals surface area contributed by atoms with Crippen molar-refractivity contribution in [1.82, 2.24) is 0 Å². The fraction of sp³-hybridized carbons (Fsp3) is 1.00. The van der Waals surface area contributed by atoms with E-state index in [4.69, 9.17) is 10.0 Å². The van der Waals surface area contributed by atoms with Crippen LogP contribution in [0.5, 0.6) is 0 Å². The van der Waals surface area contributed by atoms with Crippen LogP contribution in [0.2, 0.25) is 0 Å². The number of hydrogen-bond donors (Lipinski definition) is 2. The molecule has 0 rings (SSSR count). The standard InChI is InChI=1S/C11H2BF23O2/c13-1(14,3(17,18)5(21,22)7(25,26)9(29,30)11(33,34)35)2(15,16)4(19,20)6(23,24)8(27,28)10(31,32)12(36)37/h36-37H. The van der Waals surface area contributed by atoms with Gasteiger partial charge in [0.25, 0.3) is 0 Å². The van der Waals surface area contributed by atoms with Crippen LogP contribution in [0.4, 0.5) is 101 Å². The minimum absolute atomic E-state index is 5.27. The average Bonchev–Trinajstić information content (AvgIpc) is 2.65. The first-order valence-corrected chi connectivity index (χ1v) is 7.65. The number of rotatable bonds is 10. The van der Waals surface area contributed by atoms with Gasteiger partial charge in [-0.15, -0.1) is 0 Å². The van der Waals surface area contributed by atoms with Gasteiger partial charge in [0, 0.05) is 0 Å². The smallest absolute Gasteiger partial charge is 0.423 e. The molecule has 0 aromatic heterocycles. The van der Waals surface area contributed by atoms with Gasteiger partial charge in [0.05, 0.1) is 0 Å². The fourth-order valence-electron chi connectivity index (χ4n) is 1.93. The lowest BCUT2D eigenvalue weighted by Crippen LogP contribution is -2.78. The van der Waals surface area contributed by atoms with Gasteiger partial charge in [0.1, 0.15) is 0 Å². The van der Waals surface area contributed by atoms with E-state index in [0.29, 0.717) is 0 Å². The van der Waals surface area contributed by atoms with Crippen LogP contribution in [0.3, 0.4) is 0 Å². The SMILES string of the molecule is OB(O)C(F)(F)C(F)(F)C(F)(F)C(F)(F)C(F)(F)C(F)(F)C(F)(F)C(F)(F)C(F)(F)C(F)(F)C(F)(F)F. The van der Waals surface area contributed by atoms with E-state index in [0.717, 1.165) is 0 Å². The monoisotopic (exact) mass is 614 g/mol. The molecule has 0 atom stereocenters. The molecule has 2 nitrogen and oxygen atoms in total. The first-order valence-electron chi connectivity index (χ1n) is 7.65. The van der Waals surface area contributed by atoms with Gasteiger partial charge >= 0.3 is 72.4 Å². The van der Waals surface area contributed by atoms with E-state index < -0.39 is 72.4 Å². The van der Waals surface area contributed by atoms with Crippen molar-refractivity contribution in [3.8, 4) is 0 Å². The van der Waals surface area contributed by atoms with Crippen molar-refractivity contribution >= 4 is 7.12 Å². The molecule has 0 spiro atoms. The van der Waals surface area contributed by atoms with Crippen LogP contribution < -0.4 is 0 Å². The molecule has 0 aliphatic carbocycles. The number of alkyl halides is 23.